The molecule has 0 aliphatic carbocycles. The van der Waals surface area contributed by atoms with Gasteiger partial charge in [0.2, 0.25) is 0 Å². The molecule has 0 spiro atoms. The molecule has 5 heteroatoms. The van der Waals surface area contributed by atoms with Crippen LogP contribution in [0.3, 0.4) is 0 Å². The number of hydrogen-bond donors (Lipinski definition) is 1. The topological polar surface area (TPSA) is 50.3 Å². The standard InChI is InChI=1S/C17H25N5/c1-2-22-14-16(12-19-22)13-20-7-9-21(10-8-20)17-5-3-15(11-18)4-6-17/h3-6,12,14H,2,7-11,13,18H2,1H3. The van der Waals surface area contributed by atoms with Crippen LogP contribution in [0.25, 0.3) is 0 Å². The van der Waals surface area contributed by atoms with Crippen LogP contribution in [0.1, 0.15) is 18.1 Å². The normalized spacial score (nSPS) is 16.2. The van der Waals surface area contributed by atoms with Crippen molar-refractivity contribution in [1.82, 2.24) is 14.7 Å². The van der Waals surface area contributed by atoms with E-state index in [-0.39, 0.29) is 0 Å². The van der Waals surface area contributed by atoms with Gasteiger partial charge in [0, 0.05) is 63.3 Å². The van der Waals surface area contributed by atoms with Crippen LogP contribution in [-0.4, -0.2) is 40.9 Å². The minimum atomic E-state index is 0.611. The number of aromatic nitrogens is 2. The molecule has 0 amide bonds. The van der Waals surface area contributed by atoms with Gasteiger partial charge in [0.05, 0.1) is 6.20 Å². The van der Waals surface area contributed by atoms with Crippen LogP contribution in [0.4, 0.5) is 5.69 Å². The fraction of sp³-hybridized carbons (Fsp3) is 0.471. The molecular weight excluding hydrogens is 274 g/mol. The summed E-state index contributed by atoms with van der Waals surface area (Å²) in [7, 11) is 0. The molecule has 2 aromatic rings. The van der Waals surface area contributed by atoms with E-state index in [1.54, 1.807) is 0 Å². The number of benzene rings is 1. The maximum absolute atomic E-state index is 5.65. The second-order valence-electron chi connectivity index (χ2n) is 5.84. The minimum Gasteiger partial charge on any atom is -0.369 e. The van der Waals surface area contributed by atoms with Crippen LogP contribution < -0.4 is 10.6 Å². The number of anilines is 1. The minimum absolute atomic E-state index is 0.611. The molecule has 0 unspecified atom stereocenters. The Labute approximate surface area is 132 Å². The molecule has 1 aliphatic rings. The summed E-state index contributed by atoms with van der Waals surface area (Å²) in [4.78, 5) is 4.95. The van der Waals surface area contributed by atoms with Crippen molar-refractivity contribution in [2.24, 2.45) is 5.73 Å². The lowest BCUT2D eigenvalue weighted by Gasteiger charge is -2.36. The predicted molar refractivity (Wildman–Crippen MR) is 89.7 cm³/mol. The lowest BCUT2D eigenvalue weighted by atomic mass is 10.2. The quantitative estimate of drug-likeness (QED) is 0.913. The predicted octanol–water partition coefficient (Wildman–Crippen LogP) is 1.68. The lowest BCUT2D eigenvalue weighted by Crippen LogP contribution is -2.45. The van der Waals surface area contributed by atoms with Crippen LogP contribution >= 0.6 is 0 Å². The zero-order valence-corrected chi connectivity index (χ0v) is 13.3. The molecular formula is C17H25N5. The molecule has 1 aliphatic heterocycles. The number of nitrogens with zero attached hydrogens (tertiary/aromatic N) is 4. The van der Waals surface area contributed by atoms with Crippen molar-refractivity contribution in [3.63, 3.8) is 0 Å². The smallest absolute Gasteiger partial charge is 0.0534 e. The summed E-state index contributed by atoms with van der Waals surface area (Å²) in [5.41, 5.74) is 9.45. The van der Waals surface area contributed by atoms with Crippen LogP contribution in [0, 0.1) is 0 Å². The number of rotatable bonds is 5. The Bertz CT molecular complexity index is 581. The second kappa shape index (κ2) is 6.94. The average molecular weight is 299 g/mol. The molecule has 0 saturated carbocycles. The molecule has 2 heterocycles. The molecule has 1 fully saturated rings. The third kappa shape index (κ3) is 3.48. The first kappa shape index (κ1) is 15.1. The van der Waals surface area contributed by atoms with Gasteiger partial charge in [-0.3, -0.25) is 9.58 Å². The van der Waals surface area contributed by atoms with Gasteiger partial charge in [-0.15, -0.1) is 0 Å². The van der Waals surface area contributed by atoms with E-state index in [1.807, 2.05) is 10.9 Å². The summed E-state index contributed by atoms with van der Waals surface area (Å²) in [5, 5.41) is 4.35. The summed E-state index contributed by atoms with van der Waals surface area (Å²) in [6, 6.07) is 8.62. The Morgan fingerprint density at radius 3 is 2.36 bits per heavy atom. The van der Waals surface area contributed by atoms with E-state index in [0.717, 1.165) is 39.3 Å². The molecule has 1 aromatic carbocycles. The summed E-state index contributed by atoms with van der Waals surface area (Å²) >= 11 is 0. The Morgan fingerprint density at radius 1 is 1.05 bits per heavy atom. The van der Waals surface area contributed by atoms with Gasteiger partial charge in [-0.1, -0.05) is 12.1 Å². The second-order valence-corrected chi connectivity index (χ2v) is 5.84. The third-order valence-corrected chi connectivity index (χ3v) is 4.33. The van der Waals surface area contributed by atoms with Crippen LogP contribution in [0.5, 0.6) is 0 Å². The van der Waals surface area contributed by atoms with Gasteiger partial charge >= 0.3 is 0 Å². The van der Waals surface area contributed by atoms with E-state index in [1.165, 1.54) is 16.8 Å². The lowest BCUT2D eigenvalue weighted by molar-refractivity contribution is 0.250. The van der Waals surface area contributed by atoms with Crippen molar-refractivity contribution in [2.45, 2.75) is 26.6 Å². The molecule has 2 N–H and O–H groups in total. The first-order chi connectivity index (χ1) is 10.8. The van der Waals surface area contributed by atoms with Crippen molar-refractivity contribution in [3.8, 4) is 0 Å². The Hall–Kier alpha value is -1.85. The average Bonchev–Trinajstić information content (AvgIpc) is 3.03. The van der Waals surface area contributed by atoms with Gasteiger partial charge in [-0.25, -0.2) is 0 Å². The molecule has 1 saturated heterocycles. The summed E-state index contributed by atoms with van der Waals surface area (Å²) in [6.45, 7) is 9.00. The SMILES string of the molecule is CCn1cc(CN2CCN(c3ccc(CN)cc3)CC2)cn1. The highest BCUT2D eigenvalue weighted by Crippen LogP contribution is 2.18. The zero-order chi connectivity index (χ0) is 15.4. The van der Waals surface area contributed by atoms with Gasteiger partial charge in [-0.2, -0.15) is 5.10 Å². The van der Waals surface area contributed by atoms with Crippen LogP contribution in [0.2, 0.25) is 0 Å². The van der Waals surface area contributed by atoms with E-state index >= 15 is 0 Å². The van der Waals surface area contributed by atoms with Gasteiger partial charge in [0.15, 0.2) is 0 Å². The monoisotopic (exact) mass is 299 g/mol. The summed E-state index contributed by atoms with van der Waals surface area (Å²) < 4.78 is 1.99. The molecule has 1 aromatic heterocycles. The molecule has 118 valence electrons. The van der Waals surface area contributed by atoms with Crippen molar-refractivity contribution in [3.05, 3.63) is 47.8 Å². The Morgan fingerprint density at radius 2 is 1.77 bits per heavy atom. The molecule has 22 heavy (non-hydrogen) atoms. The molecule has 0 bridgehead atoms. The Balaban J connectivity index is 1.53. The largest absolute Gasteiger partial charge is 0.369 e. The van der Waals surface area contributed by atoms with Crippen LogP contribution in [-0.2, 0) is 19.6 Å². The van der Waals surface area contributed by atoms with Crippen molar-refractivity contribution in [1.29, 1.82) is 0 Å². The highest BCUT2D eigenvalue weighted by atomic mass is 15.3. The van der Waals surface area contributed by atoms with E-state index in [4.69, 9.17) is 5.73 Å². The van der Waals surface area contributed by atoms with Crippen LogP contribution in [0.15, 0.2) is 36.7 Å². The number of nitrogens with two attached hydrogens (primary N) is 1. The fourth-order valence-corrected chi connectivity index (χ4v) is 2.93. The van der Waals surface area contributed by atoms with E-state index in [9.17, 15) is 0 Å². The van der Waals surface area contributed by atoms with Crippen molar-refractivity contribution >= 4 is 5.69 Å². The first-order valence-corrected chi connectivity index (χ1v) is 8.06. The molecule has 0 radical (unpaired) electrons. The van der Waals surface area contributed by atoms with Gasteiger partial charge in [-0.05, 0) is 24.6 Å². The molecule has 5 nitrogen and oxygen atoms in total. The molecule has 3 rings (SSSR count). The van der Waals surface area contributed by atoms with E-state index < -0.39 is 0 Å². The summed E-state index contributed by atoms with van der Waals surface area (Å²) in [6.07, 6.45) is 4.14. The zero-order valence-electron chi connectivity index (χ0n) is 13.3. The number of hydrogen-bond acceptors (Lipinski definition) is 4. The molecule has 0 atom stereocenters. The van der Waals surface area contributed by atoms with E-state index in [0.29, 0.717) is 6.54 Å². The third-order valence-electron chi connectivity index (χ3n) is 4.33. The fourth-order valence-electron chi connectivity index (χ4n) is 2.93. The first-order valence-electron chi connectivity index (χ1n) is 8.06. The number of aryl methyl sites for hydroxylation is 1. The van der Waals surface area contributed by atoms with Crippen molar-refractivity contribution < 1.29 is 0 Å². The maximum Gasteiger partial charge on any atom is 0.0534 e. The maximum atomic E-state index is 5.65. The van der Waals surface area contributed by atoms with Gasteiger partial charge in [0.1, 0.15) is 0 Å². The van der Waals surface area contributed by atoms with Gasteiger partial charge < -0.3 is 10.6 Å². The van der Waals surface area contributed by atoms with E-state index in [2.05, 4.69) is 52.3 Å². The van der Waals surface area contributed by atoms with Crippen molar-refractivity contribution in [2.75, 3.05) is 31.1 Å². The Kier molecular flexibility index (Phi) is 4.75. The highest BCUT2D eigenvalue weighted by molar-refractivity contribution is 5.48. The number of piperazine rings is 1. The highest BCUT2D eigenvalue weighted by Gasteiger charge is 2.17. The summed E-state index contributed by atoms with van der Waals surface area (Å²) in [5.74, 6) is 0. The van der Waals surface area contributed by atoms with Gasteiger partial charge in [0.25, 0.3) is 0 Å².